The van der Waals surface area contributed by atoms with Gasteiger partial charge in [-0.25, -0.2) is 12.8 Å². The molecule has 1 aromatic heterocycles. The SMILES string of the molecule is Cc1ccc(NC(=O)C[NH+](C)Cc2c(C)nn([C@H]3CCS(=O)(=O)C3)c2C)c(F)c1. The van der Waals surface area contributed by atoms with E-state index in [1.54, 1.807) is 19.1 Å². The van der Waals surface area contributed by atoms with Gasteiger partial charge in [0, 0.05) is 5.69 Å². The highest BCUT2D eigenvalue weighted by molar-refractivity contribution is 7.91. The van der Waals surface area contributed by atoms with Crippen molar-refractivity contribution >= 4 is 21.4 Å². The van der Waals surface area contributed by atoms with Crippen molar-refractivity contribution in [1.29, 1.82) is 0 Å². The molecule has 2 atom stereocenters. The molecule has 158 valence electrons. The van der Waals surface area contributed by atoms with Gasteiger partial charge in [-0.3, -0.25) is 9.48 Å². The Kier molecular flexibility index (Phi) is 6.09. The Morgan fingerprint density at radius 2 is 2.07 bits per heavy atom. The summed E-state index contributed by atoms with van der Waals surface area (Å²) in [7, 11) is -1.10. The van der Waals surface area contributed by atoms with Gasteiger partial charge in [-0.2, -0.15) is 5.10 Å². The smallest absolute Gasteiger partial charge is 0.279 e. The first kappa shape index (κ1) is 21.4. The molecule has 1 aliphatic heterocycles. The number of carbonyl (C=O) groups excluding carboxylic acids is 1. The minimum atomic E-state index is -2.99. The van der Waals surface area contributed by atoms with Gasteiger partial charge in [0.15, 0.2) is 16.4 Å². The highest BCUT2D eigenvalue weighted by atomic mass is 32.2. The van der Waals surface area contributed by atoms with Crippen LogP contribution in [-0.4, -0.2) is 49.2 Å². The minimum Gasteiger partial charge on any atom is -0.326 e. The van der Waals surface area contributed by atoms with Crippen molar-refractivity contribution in [3.8, 4) is 0 Å². The molecule has 1 saturated heterocycles. The van der Waals surface area contributed by atoms with Crippen LogP contribution in [-0.2, 0) is 21.2 Å². The number of hydrogen-bond donors (Lipinski definition) is 2. The van der Waals surface area contributed by atoms with Crippen LogP contribution in [0.1, 0.15) is 35.0 Å². The van der Waals surface area contributed by atoms with Crippen LogP contribution in [0.5, 0.6) is 0 Å². The molecule has 2 N–H and O–H groups in total. The van der Waals surface area contributed by atoms with Gasteiger partial charge in [-0.15, -0.1) is 0 Å². The summed E-state index contributed by atoms with van der Waals surface area (Å²) in [6.07, 6.45) is 0.580. The summed E-state index contributed by atoms with van der Waals surface area (Å²) >= 11 is 0. The monoisotopic (exact) mass is 423 g/mol. The molecule has 0 aliphatic carbocycles. The number of halogens is 1. The second-order valence-corrected chi connectivity index (χ2v) is 10.2. The molecule has 3 rings (SSSR count). The third-order valence-corrected chi connectivity index (χ3v) is 7.12. The van der Waals surface area contributed by atoms with Crippen molar-refractivity contribution in [2.24, 2.45) is 0 Å². The molecular formula is C20H28FN4O3S+. The van der Waals surface area contributed by atoms with E-state index >= 15 is 0 Å². The maximum atomic E-state index is 13.9. The molecule has 0 bridgehead atoms. The molecule has 0 saturated carbocycles. The molecular weight excluding hydrogens is 395 g/mol. The zero-order valence-electron chi connectivity index (χ0n) is 17.3. The van der Waals surface area contributed by atoms with Crippen molar-refractivity contribution in [1.82, 2.24) is 9.78 Å². The molecule has 2 aromatic rings. The van der Waals surface area contributed by atoms with E-state index in [0.29, 0.717) is 13.0 Å². The number of anilines is 1. The third-order valence-electron chi connectivity index (χ3n) is 5.37. The summed E-state index contributed by atoms with van der Waals surface area (Å²) in [4.78, 5) is 13.3. The van der Waals surface area contributed by atoms with E-state index < -0.39 is 15.7 Å². The van der Waals surface area contributed by atoms with Crippen LogP contribution in [0.3, 0.4) is 0 Å². The predicted molar refractivity (Wildman–Crippen MR) is 109 cm³/mol. The van der Waals surface area contributed by atoms with Crippen molar-refractivity contribution in [3.05, 3.63) is 46.5 Å². The summed E-state index contributed by atoms with van der Waals surface area (Å²) in [5, 5.41) is 7.19. The first-order valence-electron chi connectivity index (χ1n) is 9.68. The highest BCUT2D eigenvalue weighted by Gasteiger charge is 2.32. The third kappa shape index (κ3) is 5.02. The second kappa shape index (κ2) is 8.23. The molecule has 1 aromatic carbocycles. The number of sulfone groups is 1. The summed E-state index contributed by atoms with van der Waals surface area (Å²) in [6.45, 7) is 6.38. The van der Waals surface area contributed by atoms with E-state index in [1.807, 2.05) is 25.6 Å². The standard InChI is InChI=1S/C20H27FN4O3S/c1-13-5-6-19(18(21)9-13)22-20(26)11-24(4)10-17-14(2)23-25(15(17)3)16-7-8-29(27,28)12-16/h5-6,9,16H,7-8,10-12H2,1-4H3,(H,22,26)/p+1/t16-/m0/s1. The summed E-state index contributed by atoms with van der Waals surface area (Å²) < 4.78 is 39.3. The maximum Gasteiger partial charge on any atom is 0.279 e. The van der Waals surface area contributed by atoms with Crippen molar-refractivity contribution in [2.75, 3.05) is 30.4 Å². The molecule has 0 radical (unpaired) electrons. The summed E-state index contributed by atoms with van der Waals surface area (Å²) in [5.74, 6) is -0.390. The Balaban J connectivity index is 1.64. The zero-order chi connectivity index (χ0) is 21.3. The van der Waals surface area contributed by atoms with E-state index in [2.05, 4.69) is 10.4 Å². The number of carbonyl (C=O) groups is 1. The van der Waals surface area contributed by atoms with E-state index in [4.69, 9.17) is 0 Å². The molecule has 1 fully saturated rings. The highest BCUT2D eigenvalue weighted by Crippen LogP contribution is 2.26. The van der Waals surface area contributed by atoms with Crippen molar-refractivity contribution < 1.29 is 22.5 Å². The van der Waals surface area contributed by atoms with E-state index in [1.165, 1.54) is 6.07 Å². The number of rotatable bonds is 6. The van der Waals surface area contributed by atoms with Crippen LogP contribution >= 0.6 is 0 Å². The molecule has 29 heavy (non-hydrogen) atoms. The first-order valence-corrected chi connectivity index (χ1v) is 11.5. The molecule has 7 nitrogen and oxygen atoms in total. The molecule has 0 spiro atoms. The molecule has 1 unspecified atom stereocenters. The Morgan fingerprint density at radius 3 is 2.69 bits per heavy atom. The van der Waals surface area contributed by atoms with E-state index in [0.717, 1.165) is 27.4 Å². The van der Waals surface area contributed by atoms with Gasteiger partial charge in [-0.05, 0) is 44.9 Å². The van der Waals surface area contributed by atoms with Gasteiger partial charge in [0.05, 0.1) is 41.5 Å². The van der Waals surface area contributed by atoms with Crippen molar-refractivity contribution in [3.63, 3.8) is 0 Å². The van der Waals surface area contributed by atoms with E-state index in [-0.39, 0.29) is 35.7 Å². The average Bonchev–Trinajstić information content (AvgIpc) is 3.11. The van der Waals surface area contributed by atoms with Crippen LogP contribution in [0.25, 0.3) is 0 Å². The van der Waals surface area contributed by atoms with Gasteiger partial charge in [-0.1, -0.05) is 6.07 Å². The number of benzene rings is 1. The largest absolute Gasteiger partial charge is 0.326 e. The topological polar surface area (TPSA) is 85.5 Å². The molecule has 1 amide bonds. The van der Waals surface area contributed by atoms with Crippen LogP contribution in [0.15, 0.2) is 18.2 Å². The number of amides is 1. The van der Waals surface area contributed by atoms with Gasteiger partial charge < -0.3 is 10.2 Å². The van der Waals surface area contributed by atoms with Gasteiger partial charge in [0.1, 0.15) is 12.4 Å². The number of aromatic nitrogens is 2. The number of quaternary nitrogens is 1. The van der Waals surface area contributed by atoms with E-state index in [9.17, 15) is 17.6 Å². The lowest BCUT2D eigenvalue weighted by atomic mass is 10.1. The summed E-state index contributed by atoms with van der Waals surface area (Å²) in [6, 6.07) is 4.57. The van der Waals surface area contributed by atoms with Gasteiger partial charge in [0.2, 0.25) is 0 Å². The van der Waals surface area contributed by atoms with Crippen LogP contribution in [0.4, 0.5) is 10.1 Å². The fourth-order valence-electron chi connectivity index (χ4n) is 3.83. The van der Waals surface area contributed by atoms with Crippen LogP contribution in [0.2, 0.25) is 0 Å². The lowest BCUT2D eigenvalue weighted by molar-refractivity contribution is -0.885. The van der Waals surface area contributed by atoms with Gasteiger partial charge >= 0.3 is 0 Å². The Hall–Kier alpha value is -2.26. The zero-order valence-corrected chi connectivity index (χ0v) is 18.1. The molecule has 9 heteroatoms. The van der Waals surface area contributed by atoms with Crippen LogP contribution < -0.4 is 10.2 Å². The number of nitrogens with zero attached hydrogens (tertiary/aromatic N) is 2. The molecule has 2 heterocycles. The second-order valence-electron chi connectivity index (χ2n) is 7.99. The fraction of sp³-hybridized carbons (Fsp3) is 0.500. The fourth-order valence-corrected chi connectivity index (χ4v) is 5.52. The predicted octanol–water partition coefficient (Wildman–Crippen LogP) is 0.960. The normalized spacial score (nSPS) is 19.3. The average molecular weight is 424 g/mol. The van der Waals surface area contributed by atoms with Gasteiger partial charge in [0.25, 0.3) is 5.91 Å². The first-order chi connectivity index (χ1) is 13.6. The number of aryl methyl sites for hydroxylation is 2. The maximum absolute atomic E-state index is 13.9. The number of likely N-dealkylation sites (N-methyl/N-ethyl adjacent to an activating group) is 1. The minimum absolute atomic E-state index is 0.124. The number of nitrogens with one attached hydrogen (secondary N) is 2. The Bertz CT molecular complexity index is 1030. The Labute approximate surface area is 170 Å². The molecule has 1 aliphatic rings. The number of hydrogen-bond acceptors (Lipinski definition) is 4. The quantitative estimate of drug-likeness (QED) is 0.725. The summed E-state index contributed by atoms with van der Waals surface area (Å²) in [5.41, 5.74) is 3.77. The lowest BCUT2D eigenvalue weighted by Gasteiger charge is -2.15. The Morgan fingerprint density at radius 1 is 1.34 bits per heavy atom. The van der Waals surface area contributed by atoms with Crippen molar-refractivity contribution in [2.45, 2.75) is 39.8 Å². The lowest BCUT2D eigenvalue weighted by Crippen LogP contribution is -3.08. The van der Waals surface area contributed by atoms with Crippen LogP contribution in [0, 0.1) is 26.6 Å².